The number of aromatic nitrogens is 1. The van der Waals surface area contributed by atoms with E-state index in [2.05, 4.69) is 15.2 Å². The molecular weight excluding hydrogens is 314 g/mol. The normalized spacial score (nSPS) is 15.5. The third-order valence-electron chi connectivity index (χ3n) is 3.97. The van der Waals surface area contributed by atoms with E-state index in [-0.39, 0.29) is 6.10 Å². The zero-order chi connectivity index (χ0) is 16.2. The van der Waals surface area contributed by atoms with Crippen LogP contribution in [0.5, 0.6) is 5.75 Å². The largest absolute Gasteiger partial charge is 0.495 e. The minimum absolute atomic E-state index is 0.186. The topological polar surface area (TPSA) is 57.6 Å². The molecule has 0 unspecified atom stereocenters. The lowest BCUT2D eigenvalue weighted by Crippen LogP contribution is -2.36. The van der Waals surface area contributed by atoms with Crippen LogP contribution in [0.2, 0.25) is 5.02 Å². The van der Waals surface area contributed by atoms with Crippen LogP contribution in [0.15, 0.2) is 36.5 Å². The number of halogens is 1. The summed E-state index contributed by atoms with van der Waals surface area (Å²) in [6.07, 6.45) is 3.17. The van der Waals surface area contributed by atoms with Gasteiger partial charge in [0.05, 0.1) is 18.2 Å². The Morgan fingerprint density at radius 1 is 1.22 bits per heavy atom. The molecule has 2 N–H and O–H groups in total. The third-order valence-corrected chi connectivity index (χ3v) is 4.29. The summed E-state index contributed by atoms with van der Waals surface area (Å²) in [5.74, 6) is 1.55. The van der Waals surface area contributed by atoms with Gasteiger partial charge in [0.1, 0.15) is 11.6 Å². The number of benzene rings is 1. The summed E-state index contributed by atoms with van der Waals surface area (Å²) in [5, 5.41) is 13.5. The molecule has 0 radical (unpaired) electrons. The van der Waals surface area contributed by atoms with Crippen LogP contribution in [0.1, 0.15) is 12.8 Å². The number of pyridine rings is 1. The highest BCUT2D eigenvalue weighted by molar-refractivity contribution is 6.32. The Hall–Kier alpha value is -1.98. The van der Waals surface area contributed by atoms with Gasteiger partial charge in [-0.1, -0.05) is 11.6 Å². The molecule has 5 nitrogen and oxygen atoms in total. The zero-order valence-electron chi connectivity index (χ0n) is 13.0. The Bertz CT molecular complexity index is 673. The van der Waals surface area contributed by atoms with Gasteiger partial charge in [-0.2, -0.15) is 0 Å². The molecule has 23 heavy (non-hydrogen) atoms. The maximum Gasteiger partial charge on any atom is 0.139 e. The van der Waals surface area contributed by atoms with E-state index in [0.717, 1.165) is 43.1 Å². The maximum absolute atomic E-state index is 9.61. The molecule has 3 rings (SSSR count). The number of nitrogens with zero attached hydrogens (tertiary/aromatic N) is 2. The van der Waals surface area contributed by atoms with E-state index >= 15 is 0 Å². The van der Waals surface area contributed by atoms with Crippen molar-refractivity contribution in [3.05, 3.63) is 41.6 Å². The van der Waals surface area contributed by atoms with Crippen molar-refractivity contribution in [1.29, 1.82) is 0 Å². The lowest BCUT2D eigenvalue weighted by Gasteiger charge is -2.30. The Morgan fingerprint density at radius 2 is 1.96 bits per heavy atom. The van der Waals surface area contributed by atoms with E-state index in [1.54, 1.807) is 19.4 Å². The first kappa shape index (κ1) is 15.9. The Kier molecular flexibility index (Phi) is 4.88. The van der Waals surface area contributed by atoms with Crippen molar-refractivity contribution in [2.24, 2.45) is 0 Å². The predicted molar refractivity (Wildman–Crippen MR) is 93.0 cm³/mol. The second-order valence-electron chi connectivity index (χ2n) is 5.60. The number of anilines is 3. The van der Waals surface area contributed by atoms with Crippen LogP contribution in [0, 0.1) is 0 Å². The number of methoxy groups -OCH3 is 1. The molecule has 1 fully saturated rings. The van der Waals surface area contributed by atoms with Crippen LogP contribution >= 0.6 is 11.6 Å². The number of nitrogens with one attached hydrogen (secondary N) is 1. The van der Waals surface area contributed by atoms with Crippen LogP contribution in [0.25, 0.3) is 0 Å². The first-order valence-electron chi connectivity index (χ1n) is 7.65. The number of aliphatic hydroxyl groups is 1. The smallest absolute Gasteiger partial charge is 0.139 e. The zero-order valence-corrected chi connectivity index (χ0v) is 13.8. The monoisotopic (exact) mass is 333 g/mol. The molecule has 1 aromatic heterocycles. The van der Waals surface area contributed by atoms with Gasteiger partial charge in [-0.05, 0) is 31.0 Å². The number of piperidine rings is 1. The summed E-state index contributed by atoms with van der Waals surface area (Å²) in [6, 6.07) is 9.50. The molecule has 1 aliphatic heterocycles. The Labute approximate surface area is 140 Å². The van der Waals surface area contributed by atoms with E-state index in [1.165, 1.54) is 0 Å². The summed E-state index contributed by atoms with van der Waals surface area (Å²) in [4.78, 5) is 6.63. The van der Waals surface area contributed by atoms with Crippen molar-refractivity contribution in [3.63, 3.8) is 0 Å². The molecule has 1 saturated heterocycles. The first-order chi connectivity index (χ1) is 11.2. The SMILES string of the molecule is COc1cc(Nc2ccnc(N3CCC(O)CC3)c2)ccc1Cl. The average molecular weight is 334 g/mol. The highest BCUT2D eigenvalue weighted by Crippen LogP contribution is 2.29. The fourth-order valence-corrected chi connectivity index (χ4v) is 2.86. The van der Waals surface area contributed by atoms with Gasteiger partial charge >= 0.3 is 0 Å². The van der Waals surface area contributed by atoms with E-state index < -0.39 is 0 Å². The van der Waals surface area contributed by atoms with Crippen molar-refractivity contribution in [2.75, 3.05) is 30.4 Å². The van der Waals surface area contributed by atoms with Crippen molar-refractivity contribution >= 4 is 28.8 Å². The number of hydrogen-bond donors (Lipinski definition) is 2. The standard InChI is InChI=1S/C17H20ClN3O2/c1-23-16-10-12(2-3-15(16)18)20-13-4-7-19-17(11-13)21-8-5-14(22)6-9-21/h2-4,7,10-11,14,22H,5-6,8-9H2,1H3,(H,19,20). The molecule has 0 spiro atoms. The summed E-state index contributed by atoms with van der Waals surface area (Å²) in [7, 11) is 1.60. The number of hydrogen-bond acceptors (Lipinski definition) is 5. The highest BCUT2D eigenvalue weighted by Gasteiger charge is 2.18. The molecule has 0 atom stereocenters. The van der Waals surface area contributed by atoms with E-state index in [0.29, 0.717) is 10.8 Å². The number of rotatable bonds is 4. The minimum atomic E-state index is -0.186. The van der Waals surface area contributed by atoms with Crippen LogP contribution in [-0.2, 0) is 0 Å². The minimum Gasteiger partial charge on any atom is -0.495 e. The molecule has 1 aliphatic rings. The van der Waals surface area contributed by atoms with Crippen LogP contribution in [-0.4, -0.2) is 36.4 Å². The molecule has 0 amide bonds. The van der Waals surface area contributed by atoms with Gasteiger partial charge < -0.3 is 20.1 Å². The third kappa shape index (κ3) is 3.86. The van der Waals surface area contributed by atoms with E-state index in [1.807, 2.05) is 24.3 Å². The van der Waals surface area contributed by atoms with Gasteiger partial charge in [-0.3, -0.25) is 0 Å². The molecule has 2 aromatic rings. The molecule has 0 saturated carbocycles. The fourth-order valence-electron chi connectivity index (χ4n) is 2.67. The molecule has 2 heterocycles. The molecule has 1 aromatic carbocycles. The summed E-state index contributed by atoms with van der Waals surface area (Å²) < 4.78 is 5.24. The number of ether oxygens (including phenoxy) is 1. The molecule has 122 valence electrons. The number of aliphatic hydroxyl groups excluding tert-OH is 1. The predicted octanol–water partition coefficient (Wildman–Crippen LogP) is 3.45. The van der Waals surface area contributed by atoms with Crippen LogP contribution < -0.4 is 15.0 Å². The average Bonchev–Trinajstić information content (AvgIpc) is 2.57. The van der Waals surface area contributed by atoms with E-state index in [4.69, 9.17) is 16.3 Å². The first-order valence-corrected chi connectivity index (χ1v) is 8.03. The fraction of sp³-hybridized carbons (Fsp3) is 0.353. The van der Waals surface area contributed by atoms with Gasteiger partial charge in [0.2, 0.25) is 0 Å². The maximum atomic E-state index is 9.61. The molecule has 0 bridgehead atoms. The summed E-state index contributed by atoms with van der Waals surface area (Å²) in [5.41, 5.74) is 1.85. The second-order valence-corrected chi connectivity index (χ2v) is 6.00. The van der Waals surface area contributed by atoms with E-state index in [9.17, 15) is 5.11 Å². The van der Waals surface area contributed by atoms with Gasteiger partial charge in [0, 0.05) is 42.8 Å². The summed E-state index contributed by atoms with van der Waals surface area (Å²) >= 11 is 6.05. The van der Waals surface area contributed by atoms with Crippen LogP contribution in [0.4, 0.5) is 17.2 Å². The molecule has 6 heteroatoms. The lowest BCUT2D eigenvalue weighted by atomic mass is 10.1. The van der Waals surface area contributed by atoms with Gasteiger partial charge in [-0.15, -0.1) is 0 Å². The Morgan fingerprint density at radius 3 is 2.70 bits per heavy atom. The highest BCUT2D eigenvalue weighted by atomic mass is 35.5. The second kappa shape index (κ2) is 7.06. The van der Waals surface area contributed by atoms with Crippen molar-refractivity contribution < 1.29 is 9.84 Å². The Balaban J connectivity index is 1.75. The summed E-state index contributed by atoms with van der Waals surface area (Å²) in [6.45, 7) is 1.65. The quantitative estimate of drug-likeness (QED) is 0.897. The van der Waals surface area contributed by atoms with Gasteiger partial charge in [0.15, 0.2) is 0 Å². The van der Waals surface area contributed by atoms with Gasteiger partial charge in [-0.25, -0.2) is 4.98 Å². The van der Waals surface area contributed by atoms with Crippen molar-refractivity contribution in [3.8, 4) is 5.75 Å². The lowest BCUT2D eigenvalue weighted by molar-refractivity contribution is 0.145. The van der Waals surface area contributed by atoms with Crippen molar-refractivity contribution in [1.82, 2.24) is 4.98 Å². The molecule has 0 aliphatic carbocycles. The van der Waals surface area contributed by atoms with Gasteiger partial charge in [0.25, 0.3) is 0 Å². The van der Waals surface area contributed by atoms with Crippen molar-refractivity contribution in [2.45, 2.75) is 18.9 Å². The molecular formula is C17H20ClN3O2. The van der Waals surface area contributed by atoms with Crippen LogP contribution in [0.3, 0.4) is 0 Å².